The van der Waals surface area contributed by atoms with Gasteiger partial charge >= 0.3 is 0 Å². The molecule has 72 heavy (non-hydrogen) atoms. The first-order valence-electron chi connectivity index (χ1n) is 30.9. The highest BCUT2D eigenvalue weighted by molar-refractivity contribution is 7.99. The number of ether oxygens (including phenoxy) is 1. The van der Waals surface area contributed by atoms with Gasteiger partial charge in [-0.2, -0.15) is 11.8 Å². The number of piperidine rings is 1. The zero-order valence-corrected chi connectivity index (χ0v) is 52.3. The van der Waals surface area contributed by atoms with Crippen LogP contribution in [0.15, 0.2) is 0 Å². The fraction of sp³-hybridized carbons (Fsp3) is 1.00. The molecular weight excluding hydrogens is 909 g/mol. The molecule has 8 aliphatic rings. The highest BCUT2D eigenvalue weighted by atomic mass is 32.2. The second kappa shape index (κ2) is 44.8. The largest absolute Gasteiger partial charge is 0.379 e. The van der Waals surface area contributed by atoms with Crippen molar-refractivity contribution >= 4 is 11.8 Å². The topological polar surface area (TPSA) is 59.2 Å². The van der Waals surface area contributed by atoms with Crippen molar-refractivity contribution in [3.63, 3.8) is 0 Å². The molecule has 11 nitrogen and oxygen atoms in total. The highest BCUT2D eigenvalue weighted by Crippen LogP contribution is 2.14. The van der Waals surface area contributed by atoms with Crippen LogP contribution in [-0.2, 0) is 4.74 Å². The van der Waals surface area contributed by atoms with E-state index in [2.05, 4.69) is 172 Å². The number of hydrogen-bond donors (Lipinski definition) is 2. The summed E-state index contributed by atoms with van der Waals surface area (Å²) in [6.07, 6.45) is 16.9. The third kappa shape index (κ3) is 36.1. The molecule has 12 heteroatoms. The van der Waals surface area contributed by atoms with Gasteiger partial charge in [-0.25, -0.2) is 0 Å². The number of hydrogen-bond acceptors (Lipinski definition) is 12. The lowest BCUT2D eigenvalue weighted by molar-refractivity contribution is 0.0238. The van der Waals surface area contributed by atoms with E-state index in [0.29, 0.717) is 6.04 Å². The standard InChI is InChI=1S/C9H19N.C8H18N2.C8H17NS.C8H17N.C7H16N2.C7H15NO.C7H15N.C6H13N/c1-9(2)10-7-5-3-4-6-8-10;1-8(2)10-6-3-4-9-5-7-10;1-8(2)9-4-3-6-10-7-5-9;1-8(2)9-6-4-3-5-7-9;1-7(2)9-5-3-8-4-6-9;1-7(2)8-3-5-9-6-4-8;1-7(2)8-5-3-4-6-8;1-6(2)7-4-3-5-7/h9H,3-8H2,1-2H3;8-9H,3-7H2,1-2H3;8H,3-7H2,1-2H3;8H,3-7H2,1-2H3;7-8H,3-6H2,1-2H3;7H,3-6H2,1-2H3;7H,3-6H2,1-2H3;6H,3-5H2,1-2H3. The summed E-state index contributed by atoms with van der Waals surface area (Å²) in [7, 11) is 0. The first-order valence-corrected chi connectivity index (χ1v) is 32.1. The van der Waals surface area contributed by atoms with Gasteiger partial charge in [-0.1, -0.05) is 19.3 Å². The lowest BCUT2D eigenvalue weighted by atomic mass is 10.1. The zero-order chi connectivity index (χ0) is 53.5. The van der Waals surface area contributed by atoms with E-state index in [1.54, 1.807) is 0 Å². The predicted molar refractivity (Wildman–Crippen MR) is 323 cm³/mol. The van der Waals surface area contributed by atoms with Gasteiger partial charge in [0.05, 0.1) is 13.2 Å². The van der Waals surface area contributed by atoms with Crippen molar-refractivity contribution in [2.24, 2.45) is 0 Å². The summed E-state index contributed by atoms with van der Waals surface area (Å²) < 4.78 is 5.21. The lowest BCUT2D eigenvalue weighted by Crippen LogP contribution is -2.46. The first kappa shape index (κ1) is 69.9. The van der Waals surface area contributed by atoms with Crippen LogP contribution < -0.4 is 10.6 Å². The van der Waals surface area contributed by atoms with E-state index in [0.717, 1.165) is 88.2 Å². The van der Waals surface area contributed by atoms with E-state index >= 15 is 0 Å². The highest BCUT2D eigenvalue weighted by Gasteiger charge is 2.17. The van der Waals surface area contributed by atoms with Gasteiger partial charge in [0.2, 0.25) is 0 Å². The molecule has 8 saturated heterocycles. The Morgan fingerprint density at radius 3 is 0.861 bits per heavy atom. The Kier molecular flexibility index (Phi) is 43.6. The Morgan fingerprint density at radius 2 is 0.514 bits per heavy atom. The molecule has 0 atom stereocenters. The average Bonchev–Trinajstić information content (AvgIpc) is 3.54. The zero-order valence-electron chi connectivity index (χ0n) is 51.5. The van der Waals surface area contributed by atoms with Gasteiger partial charge in [0.15, 0.2) is 0 Å². The van der Waals surface area contributed by atoms with Crippen molar-refractivity contribution in [2.75, 3.05) is 156 Å². The number of morpholine rings is 1. The Bertz CT molecular complexity index is 1020. The smallest absolute Gasteiger partial charge is 0.0594 e. The molecule has 8 fully saturated rings. The minimum atomic E-state index is 0.689. The molecule has 8 rings (SSSR count). The average molecular weight is 1040 g/mol. The lowest BCUT2D eigenvalue weighted by Gasteiger charge is -2.34. The van der Waals surface area contributed by atoms with Gasteiger partial charge in [0, 0.05) is 113 Å². The van der Waals surface area contributed by atoms with Crippen LogP contribution >= 0.6 is 11.8 Å². The van der Waals surface area contributed by atoms with Crippen LogP contribution in [-0.4, -0.2) is 243 Å². The number of rotatable bonds is 8. The van der Waals surface area contributed by atoms with Crippen LogP contribution in [0.5, 0.6) is 0 Å². The Hall–Kier alpha value is -0.0900. The normalized spacial score (nSPS) is 23.0. The van der Waals surface area contributed by atoms with E-state index in [4.69, 9.17) is 4.74 Å². The number of likely N-dealkylation sites (tertiary alicyclic amines) is 4. The Balaban J connectivity index is 0.000000412. The van der Waals surface area contributed by atoms with Crippen molar-refractivity contribution < 1.29 is 4.74 Å². The summed E-state index contributed by atoms with van der Waals surface area (Å²) in [5, 5.41) is 6.72. The van der Waals surface area contributed by atoms with E-state index < -0.39 is 0 Å². The maximum Gasteiger partial charge on any atom is 0.0594 e. The molecule has 0 radical (unpaired) electrons. The number of nitrogens with one attached hydrogen (secondary N) is 2. The third-order valence-corrected chi connectivity index (χ3v) is 16.8. The predicted octanol–water partition coefficient (Wildman–Crippen LogP) is 10.3. The van der Waals surface area contributed by atoms with Crippen molar-refractivity contribution in [2.45, 2.75) is 236 Å². The molecule has 8 aliphatic heterocycles. The maximum absolute atomic E-state index is 5.21. The van der Waals surface area contributed by atoms with E-state index in [1.165, 1.54) is 187 Å². The fourth-order valence-corrected chi connectivity index (χ4v) is 11.0. The number of thioether (sulfide) groups is 1. The number of piperazine rings is 1. The van der Waals surface area contributed by atoms with Gasteiger partial charge < -0.3 is 39.9 Å². The van der Waals surface area contributed by atoms with Crippen LogP contribution in [0.3, 0.4) is 0 Å². The molecule has 8 heterocycles. The van der Waals surface area contributed by atoms with E-state index in [9.17, 15) is 0 Å². The van der Waals surface area contributed by atoms with Gasteiger partial charge in [-0.05, 0) is 246 Å². The summed E-state index contributed by atoms with van der Waals surface area (Å²) in [5.41, 5.74) is 0. The fourth-order valence-electron chi connectivity index (χ4n) is 10.1. The van der Waals surface area contributed by atoms with Crippen LogP contribution in [0.4, 0.5) is 0 Å². The van der Waals surface area contributed by atoms with Crippen LogP contribution in [0.2, 0.25) is 0 Å². The molecular formula is C60H130N10OS. The summed E-state index contributed by atoms with van der Waals surface area (Å²) >= 11 is 2.10. The molecule has 0 aromatic carbocycles. The molecule has 0 aliphatic carbocycles. The van der Waals surface area contributed by atoms with Gasteiger partial charge in [-0.15, -0.1) is 0 Å². The number of nitrogens with zero attached hydrogens (tertiary/aromatic N) is 8. The Labute approximate surface area is 456 Å². The summed E-state index contributed by atoms with van der Waals surface area (Å²) in [6, 6.07) is 5.98. The van der Waals surface area contributed by atoms with Gasteiger partial charge in [0.1, 0.15) is 0 Å². The SMILES string of the molecule is CC(C)N1CCC1.CC(C)N1CCCC1.CC(C)N1CCCCC1.CC(C)N1CCCCCC1.CC(C)N1CCCNCC1.CC(C)N1CCCSCC1.CC(C)N1CCNCC1.CC(C)N1CCOCC1. The molecule has 432 valence electrons. The third-order valence-electron chi connectivity index (χ3n) is 15.7. The molecule has 0 spiro atoms. The van der Waals surface area contributed by atoms with E-state index in [1.807, 2.05) is 0 Å². The monoisotopic (exact) mass is 1040 g/mol. The molecule has 0 unspecified atom stereocenters. The molecule has 0 saturated carbocycles. The molecule has 0 aromatic heterocycles. The molecule has 0 amide bonds. The minimum Gasteiger partial charge on any atom is -0.379 e. The van der Waals surface area contributed by atoms with E-state index in [-0.39, 0.29) is 0 Å². The van der Waals surface area contributed by atoms with Crippen molar-refractivity contribution in [1.29, 1.82) is 0 Å². The summed E-state index contributed by atoms with van der Waals surface area (Å²) in [4.78, 5) is 20.2. The van der Waals surface area contributed by atoms with Crippen LogP contribution in [0.25, 0.3) is 0 Å². The van der Waals surface area contributed by atoms with Gasteiger partial charge in [0.25, 0.3) is 0 Å². The minimum absolute atomic E-state index is 0.689. The van der Waals surface area contributed by atoms with Crippen molar-refractivity contribution in [3.05, 3.63) is 0 Å². The van der Waals surface area contributed by atoms with Crippen LogP contribution in [0.1, 0.15) is 188 Å². The quantitative estimate of drug-likeness (QED) is 0.244. The summed E-state index contributed by atoms with van der Waals surface area (Å²) in [6.45, 7) is 63.2. The molecule has 0 aromatic rings. The first-order chi connectivity index (χ1) is 34.4. The van der Waals surface area contributed by atoms with Crippen molar-refractivity contribution in [3.8, 4) is 0 Å². The van der Waals surface area contributed by atoms with Gasteiger partial charge in [-0.3, -0.25) is 14.7 Å². The molecule has 0 bridgehead atoms. The van der Waals surface area contributed by atoms with Crippen LogP contribution in [0, 0.1) is 0 Å². The molecule has 2 N–H and O–H groups in total. The maximum atomic E-state index is 5.21. The second-order valence-electron chi connectivity index (χ2n) is 24.0. The summed E-state index contributed by atoms with van der Waals surface area (Å²) in [5.74, 6) is 2.70. The Morgan fingerprint density at radius 1 is 0.250 bits per heavy atom. The second-order valence-corrected chi connectivity index (χ2v) is 25.2. The van der Waals surface area contributed by atoms with Crippen molar-refractivity contribution in [1.82, 2.24) is 49.8 Å².